The quantitative estimate of drug-likeness (QED) is 0.599. The predicted molar refractivity (Wildman–Crippen MR) is 58.1 cm³/mol. The zero-order chi connectivity index (χ0) is 12.3. The molecular weight excluding hydrogens is 210 g/mol. The van der Waals surface area contributed by atoms with Gasteiger partial charge in [0.25, 0.3) is 0 Å². The van der Waals surface area contributed by atoms with Crippen molar-refractivity contribution in [2.45, 2.75) is 25.9 Å². The van der Waals surface area contributed by atoms with Crippen LogP contribution in [0.25, 0.3) is 0 Å². The molecule has 0 fully saturated rings. The predicted octanol–water partition coefficient (Wildman–Crippen LogP) is -1.15. The van der Waals surface area contributed by atoms with Crippen molar-refractivity contribution >= 4 is 17.6 Å². The third-order valence-corrected chi connectivity index (χ3v) is 2.03. The van der Waals surface area contributed by atoms with E-state index in [1.165, 1.54) is 18.5 Å². The number of anilines is 1. The Morgan fingerprint density at radius 2 is 2.19 bits per heavy atom. The molecular formula is C9H15N5O2. The molecule has 0 aliphatic carbocycles. The number of carbonyl (C=O) groups is 2. The first-order valence-corrected chi connectivity index (χ1v) is 4.71. The van der Waals surface area contributed by atoms with Gasteiger partial charge < -0.3 is 16.8 Å². The van der Waals surface area contributed by atoms with E-state index in [0.29, 0.717) is 5.82 Å². The lowest BCUT2D eigenvalue weighted by atomic mass is 10.1. The lowest BCUT2D eigenvalue weighted by Crippen LogP contribution is -2.53. The van der Waals surface area contributed by atoms with Crippen LogP contribution in [0.2, 0.25) is 0 Å². The molecule has 88 valence electrons. The van der Waals surface area contributed by atoms with E-state index in [9.17, 15) is 9.59 Å². The van der Waals surface area contributed by atoms with Crippen LogP contribution in [0.15, 0.2) is 12.3 Å². The van der Waals surface area contributed by atoms with Crippen molar-refractivity contribution in [3.8, 4) is 0 Å². The molecule has 0 saturated heterocycles. The standard InChI is InChI=1S/C9H15N5O2/c1-9(2,8(11)16)12-7(15)5-14-4-3-6(10)13-14/h3-4H,5H2,1-2H3,(H2,10,13)(H2,11,16)(H,12,15). The maximum absolute atomic E-state index is 11.5. The van der Waals surface area contributed by atoms with Crippen LogP contribution in [0.5, 0.6) is 0 Å². The number of carbonyl (C=O) groups excluding carboxylic acids is 2. The molecule has 0 bridgehead atoms. The number of nitrogens with one attached hydrogen (secondary N) is 1. The number of amides is 2. The smallest absolute Gasteiger partial charge is 0.242 e. The molecule has 1 rings (SSSR count). The molecule has 0 saturated carbocycles. The van der Waals surface area contributed by atoms with E-state index in [0.717, 1.165) is 0 Å². The fourth-order valence-electron chi connectivity index (χ4n) is 1.06. The van der Waals surface area contributed by atoms with E-state index < -0.39 is 11.4 Å². The normalized spacial score (nSPS) is 11.1. The van der Waals surface area contributed by atoms with Crippen LogP contribution < -0.4 is 16.8 Å². The average molecular weight is 225 g/mol. The maximum atomic E-state index is 11.5. The van der Waals surface area contributed by atoms with Crippen LogP contribution >= 0.6 is 0 Å². The van der Waals surface area contributed by atoms with Crippen LogP contribution in [-0.2, 0) is 16.1 Å². The fourth-order valence-corrected chi connectivity index (χ4v) is 1.06. The number of rotatable bonds is 4. The molecule has 0 aliphatic rings. The largest absolute Gasteiger partial charge is 0.382 e. The summed E-state index contributed by atoms with van der Waals surface area (Å²) in [5, 5.41) is 6.34. The second kappa shape index (κ2) is 4.21. The van der Waals surface area contributed by atoms with Gasteiger partial charge in [0.1, 0.15) is 17.9 Å². The van der Waals surface area contributed by atoms with Gasteiger partial charge in [0.05, 0.1) is 0 Å². The number of nitrogen functional groups attached to an aromatic ring is 1. The summed E-state index contributed by atoms with van der Waals surface area (Å²) in [6.45, 7) is 3.06. The maximum Gasteiger partial charge on any atom is 0.242 e. The van der Waals surface area contributed by atoms with Gasteiger partial charge in [-0.05, 0) is 19.9 Å². The lowest BCUT2D eigenvalue weighted by molar-refractivity contribution is -0.130. The Morgan fingerprint density at radius 3 is 2.62 bits per heavy atom. The summed E-state index contributed by atoms with van der Waals surface area (Å²) in [5.74, 6) is -0.616. The molecule has 1 aromatic rings. The van der Waals surface area contributed by atoms with Gasteiger partial charge in [-0.1, -0.05) is 0 Å². The summed E-state index contributed by atoms with van der Waals surface area (Å²) in [4.78, 5) is 22.5. The summed E-state index contributed by atoms with van der Waals surface area (Å²) in [7, 11) is 0. The molecule has 0 aromatic carbocycles. The first-order valence-electron chi connectivity index (χ1n) is 4.71. The van der Waals surface area contributed by atoms with Crippen molar-refractivity contribution in [1.82, 2.24) is 15.1 Å². The molecule has 16 heavy (non-hydrogen) atoms. The van der Waals surface area contributed by atoms with Crippen molar-refractivity contribution in [2.24, 2.45) is 5.73 Å². The van der Waals surface area contributed by atoms with Crippen molar-refractivity contribution < 1.29 is 9.59 Å². The summed E-state index contributed by atoms with van der Waals surface area (Å²) < 4.78 is 1.38. The molecule has 7 heteroatoms. The molecule has 0 unspecified atom stereocenters. The van der Waals surface area contributed by atoms with Crippen LogP contribution in [0, 0.1) is 0 Å². The van der Waals surface area contributed by atoms with E-state index >= 15 is 0 Å². The van der Waals surface area contributed by atoms with Crippen LogP contribution in [0.4, 0.5) is 5.82 Å². The van der Waals surface area contributed by atoms with E-state index in [4.69, 9.17) is 11.5 Å². The van der Waals surface area contributed by atoms with Crippen LogP contribution in [0.3, 0.4) is 0 Å². The van der Waals surface area contributed by atoms with E-state index in [-0.39, 0.29) is 12.5 Å². The molecule has 5 N–H and O–H groups in total. The minimum absolute atomic E-state index is 0.00604. The highest BCUT2D eigenvalue weighted by Gasteiger charge is 2.26. The van der Waals surface area contributed by atoms with Gasteiger partial charge >= 0.3 is 0 Å². The molecule has 0 aliphatic heterocycles. The number of nitrogens with zero attached hydrogens (tertiary/aromatic N) is 2. The Labute approximate surface area is 92.8 Å². The number of primary amides is 1. The number of aromatic nitrogens is 2. The third-order valence-electron chi connectivity index (χ3n) is 2.03. The van der Waals surface area contributed by atoms with Crippen molar-refractivity contribution in [3.05, 3.63) is 12.3 Å². The van der Waals surface area contributed by atoms with Gasteiger partial charge in [-0.3, -0.25) is 14.3 Å². The SMILES string of the molecule is CC(C)(NC(=O)Cn1ccc(N)n1)C(N)=O. The van der Waals surface area contributed by atoms with Gasteiger partial charge in [-0.2, -0.15) is 5.10 Å². The second-order valence-electron chi connectivity index (χ2n) is 3.98. The highest BCUT2D eigenvalue weighted by molar-refractivity contribution is 5.89. The third kappa shape index (κ3) is 2.97. The zero-order valence-corrected chi connectivity index (χ0v) is 9.23. The van der Waals surface area contributed by atoms with Gasteiger partial charge in [-0.25, -0.2) is 0 Å². The highest BCUT2D eigenvalue weighted by atomic mass is 16.2. The lowest BCUT2D eigenvalue weighted by Gasteiger charge is -2.22. The molecule has 1 heterocycles. The van der Waals surface area contributed by atoms with Crippen molar-refractivity contribution in [3.63, 3.8) is 0 Å². The first kappa shape index (κ1) is 12.0. The zero-order valence-electron chi connectivity index (χ0n) is 9.23. The Hall–Kier alpha value is -2.05. The van der Waals surface area contributed by atoms with Crippen LogP contribution in [0.1, 0.15) is 13.8 Å². The van der Waals surface area contributed by atoms with Gasteiger partial charge in [-0.15, -0.1) is 0 Å². The van der Waals surface area contributed by atoms with Crippen molar-refractivity contribution in [1.29, 1.82) is 0 Å². The summed E-state index contributed by atoms with van der Waals surface area (Å²) in [5.41, 5.74) is 9.44. The minimum atomic E-state index is -1.07. The Morgan fingerprint density at radius 1 is 1.56 bits per heavy atom. The minimum Gasteiger partial charge on any atom is -0.382 e. The summed E-state index contributed by atoms with van der Waals surface area (Å²) >= 11 is 0. The van der Waals surface area contributed by atoms with E-state index in [1.54, 1.807) is 12.3 Å². The monoisotopic (exact) mass is 225 g/mol. The Balaban J connectivity index is 2.58. The summed E-state index contributed by atoms with van der Waals surface area (Å²) in [6.07, 6.45) is 1.58. The molecule has 2 amide bonds. The van der Waals surface area contributed by atoms with Gasteiger partial charge in [0.15, 0.2) is 0 Å². The average Bonchev–Trinajstić information content (AvgIpc) is 2.49. The molecule has 0 radical (unpaired) electrons. The number of hydrogen-bond donors (Lipinski definition) is 3. The van der Waals surface area contributed by atoms with E-state index in [2.05, 4.69) is 10.4 Å². The Kier molecular flexibility index (Phi) is 3.17. The number of nitrogens with two attached hydrogens (primary N) is 2. The summed E-state index contributed by atoms with van der Waals surface area (Å²) in [6, 6.07) is 1.58. The molecule has 0 spiro atoms. The van der Waals surface area contributed by atoms with Gasteiger partial charge in [0, 0.05) is 6.20 Å². The molecule has 7 nitrogen and oxygen atoms in total. The van der Waals surface area contributed by atoms with Crippen LogP contribution in [-0.4, -0.2) is 27.1 Å². The second-order valence-corrected chi connectivity index (χ2v) is 3.98. The number of hydrogen-bond acceptors (Lipinski definition) is 4. The first-order chi connectivity index (χ1) is 7.31. The topological polar surface area (TPSA) is 116 Å². The Bertz CT molecular complexity index is 410. The van der Waals surface area contributed by atoms with E-state index in [1.807, 2.05) is 0 Å². The fraction of sp³-hybridized carbons (Fsp3) is 0.444. The van der Waals surface area contributed by atoms with Crippen molar-refractivity contribution in [2.75, 3.05) is 5.73 Å². The molecule has 0 atom stereocenters. The molecule has 1 aromatic heterocycles. The highest BCUT2D eigenvalue weighted by Crippen LogP contribution is 2.01. The van der Waals surface area contributed by atoms with Gasteiger partial charge in [0.2, 0.25) is 11.8 Å².